The number of amides is 3. The number of hydrogen-bond donors (Lipinski definition) is 1. The lowest BCUT2D eigenvalue weighted by molar-refractivity contribution is -0.143. The molecule has 2 bridgehead atoms. The van der Waals surface area contributed by atoms with Crippen LogP contribution >= 0.6 is 0 Å². The molecule has 6 nitrogen and oxygen atoms in total. The summed E-state index contributed by atoms with van der Waals surface area (Å²) in [4.78, 5) is 41.5. The molecule has 6 rings (SSSR count). The lowest BCUT2D eigenvalue weighted by Gasteiger charge is -2.37. The van der Waals surface area contributed by atoms with Crippen molar-refractivity contribution in [3.05, 3.63) is 42.2 Å². The molecule has 1 aliphatic heterocycles. The summed E-state index contributed by atoms with van der Waals surface area (Å²) >= 11 is 0. The third-order valence-electron chi connectivity index (χ3n) is 5.82. The van der Waals surface area contributed by atoms with Gasteiger partial charge in [-0.25, -0.2) is 0 Å². The van der Waals surface area contributed by atoms with Gasteiger partial charge in [-0.15, -0.1) is 0 Å². The van der Waals surface area contributed by atoms with Gasteiger partial charge in [0.15, 0.2) is 0 Å². The number of nitrogens with zero attached hydrogens (tertiary/aromatic N) is 2. The van der Waals surface area contributed by atoms with E-state index in [1.54, 1.807) is 12.1 Å². The van der Waals surface area contributed by atoms with Gasteiger partial charge in [-0.05, 0) is 42.2 Å². The van der Waals surface area contributed by atoms with Gasteiger partial charge in [-0.3, -0.25) is 24.8 Å². The smallest absolute Gasteiger partial charge is 0.270 e. The van der Waals surface area contributed by atoms with Crippen molar-refractivity contribution < 1.29 is 14.4 Å². The summed E-state index contributed by atoms with van der Waals surface area (Å²) in [6.45, 7) is 0. The van der Waals surface area contributed by atoms with Gasteiger partial charge >= 0.3 is 0 Å². The minimum atomic E-state index is -0.460. The van der Waals surface area contributed by atoms with Crippen LogP contribution in [0.1, 0.15) is 16.8 Å². The number of rotatable bonds is 2. The van der Waals surface area contributed by atoms with Gasteiger partial charge in [0, 0.05) is 18.0 Å². The van der Waals surface area contributed by atoms with Gasteiger partial charge in [-0.1, -0.05) is 12.2 Å². The number of imide groups is 1. The van der Waals surface area contributed by atoms with Crippen molar-refractivity contribution in [2.24, 2.45) is 35.5 Å². The summed E-state index contributed by atoms with van der Waals surface area (Å²) < 4.78 is 0. The molecule has 0 spiro atoms. The van der Waals surface area contributed by atoms with Crippen LogP contribution in [0.25, 0.3) is 0 Å². The van der Waals surface area contributed by atoms with Gasteiger partial charge in [0.1, 0.15) is 0 Å². The van der Waals surface area contributed by atoms with Crippen molar-refractivity contribution in [1.29, 1.82) is 0 Å². The number of hydrogen-bond acceptors (Lipinski definition) is 4. The molecule has 0 radical (unpaired) electrons. The van der Waals surface area contributed by atoms with Crippen LogP contribution in [0.2, 0.25) is 0 Å². The number of hydrazine groups is 1. The van der Waals surface area contributed by atoms with E-state index in [1.165, 1.54) is 12.4 Å². The van der Waals surface area contributed by atoms with Gasteiger partial charge in [0.05, 0.1) is 11.8 Å². The molecule has 6 atom stereocenters. The standard InChI is InChI=1S/C17H15N3O3/c21-15(8-3-5-18-6-4-8)19-20-16(22)13-9-1-2-10(12-7-11(9)12)14(13)17(20)23/h1-6,9-14H,7H2,(H,19,21)/t9-,10-,11-,12+,13-,14+/m0/s1. The Morgan fingerprint density at radius 1 is 1.04 bits per heavy atom. The average Bonchev–Trinajstić information content (AvgIpc) is 3.37. The van der Waals surface area contributed by atoms with Gasteiger partial charge in [0.2, 0.25) is 0 Å². The Bertz CT molecular complexity index is 724. The van der Waals surface area contributed by atoms with E-state index in [-0.39, 0.29) is 35.5 Å². The lowest BCUT2D eigenvalue weighted by atomic mass is 9.63. The van der Waals surface area contributed by atoms with Crippen molar-refractivity contribution in [3.63, 3.8) is 0 Å². The zero-order chi connectivity index (χ0) is 15.7. The minimum absolute atomic E-state index is 0.161. The second-order valence-electron chi connectivity index (χ2n) is 6.84. The van der Waals surface area contributed by atoms with E-state index in [4.69, 9.17) is 0 Å². The molecule has 1 N–H and O–H groups in total. The number of allylic oxidation sites excluding steroid dienone is 2. The van der Waals surface area contributed by atoms with Crippen LogP contribution < -0.4 is 5.43 Å². The highest BCUT2D eigenvalue weighted by Gasteiger charge is 2.67. The predicted octanol–water partition coefficient (Wildman–Crippen LogP) is 0.779. The molecule has 6 heteroatoms. The van der Waals surface area contributed by atoms with Crippen LogP contribution in [0.15, 0.2) is 36.7 Å². The van der Waals surface area contributed by atoms with Crippen molar-refractivity contribution in [3.8, 4) is 0 Å². The third-order valence-corrected chi connectivity index (χ3v) is 5.82. The van der Waals surface area contributed by atoms with Crippen molar-refractivity contribution in [2.45, 2.75) is 6.42 Å². The summed E-state index contributed by atoms with van der Waals surface area (Å²) in [5.74, 6) is -0.128. The first-order valence-corrected chi connectivity index (χ1v) is 7.94. The second kappa shape index (κ2) is 4.28. The molecule has 3 amide bonds. The molecule has 2 saturated carbocycles. The Hall–Kier alpha value is -2.50. The molecule has 1 saturated heterocycles. The number of carbonyl (C=O) groups is 3. The fourth-order valence-corrected chi connectivity index (χ4v) is 4.74. The number of nitrogens with one attached hydrogen (secondary N) is 1. The van der Waals surface area contributed by atoms with Crippen LogP contribution in [-0.2, 0) is 9.59 Å². The zero-order valence-corrected chi connectivity index (χ0v) is 12.3. The molecule has 0 unspecified atom stereocenters. The molecule has 5 aliphatic rings. The Balaban J connectivity index is 1.42. The monoisotopic (exact) mass is 309 g/mol. The molecular weight excluding hydrogens is 294 g/mol. The largest absolute Gasteiger partial charge is 0.272 e. The van der Waals surface area contributed by atoms with Crippen LogP contribution in [-0.4, -0.2) is 27.7 Å². The Morgan fingerprint density at radius 2 is 1.61 bits per heavy atom. The van der Waals surface area contributed by atoms with E-state index >= 15 is 0 Å². The lowest BCUT2D eigenvalue weighted by Crippen LogP contribution is -2.46. The van der Waals surface area contributed by atoms with Crippen LogP contribution in [0.5, 0.6) is 0 Å². The summed E-state index contributed by atoms with van der Waals surface area (Å²) in [5, 5.41) is 0.954. The van der Waals surface area contributed by atoms with Gasteiger partial charge in [0.25, 0.3) is 17.7 Å². The highest BCUT2D eigenvalue weighted by molar-refractivity contribution is 6.08. The van der Waals surface area contributed by atoms with E-state index in [1.807, 2.05) is 0 Å². The maximum absolute atomic E-state index is 12.7. The maximum Gasteiger partial charge on any atom is 0.270 e. The minimum Gasteiger partial charge on any atom is -0.272 e. The fourth-order valence-electron chi connectivity index (χ4n) is 4.74. The number of carbonyl (C=O) groups excluding carboxylic acids is 3. The fraction of sp³-hybridized carbons (Fsp3) is 0.412. The molecule has 3 fully saturated rings. The van der Waals surface area contributed by atoms with Crippen molar-refractivity contribution >= 4 is 17.7 Å². The van der Waals surface area contributed by atoms with E-state index in [0.717, 1.165) is 11.4 Å². The van der Waals surface area contributed by atoms with E-state index in [0.29, 0.717) is 17.4 Å². The Morgan fingerprint density at radius 3 is 2.17 bits per heavy atom. The topological polar surface area (TPSA) is 79.4 Å². The van der Waals surface area contributed by atoms with Crippen molar-refractivity contribution in [1.82, 2.24) is 15.4 Å². The Kier molecular flexibility index (Phi) is 2.42. The van der Waals surface area contributed by atoms with Crippen LogP contribution in [0.3, 0.4) is 0 Å². The highest BCUT2D eigenvalue weighted by atomic mass is 16.2. The maximum atomic E-state index is 12.7. The summed E-state index contributed by atoms with van der Waals surface area (Å²) in [6, 6.07) is 3.10. The quantitative estimate of drug-likeness (QED) is 0.647. The average molecular weight is 309 g/mol. The SMILES string of the molecule is O=C(NN1C(=O)[C@@H]2[C@H]3C=C[C@@H]([C@@H]4C[C@H]34)[C@@H]2C1=O)c1ccncc1. The molecule has 23 heavy (non-hydrogen) atoms. The van der Waals surface area contributed by atoms with E-state index < -0.39 is 5.91 Å². The third kappa shape index (κ3) is 1.63. The molecule has 116 valence electrons. The molecule has 0 aromatic carbocycles. The Labute approximate surface area is 132 Å². The molecule has 4 aliphatic carbocycles. The second-order valence-corrected chi connectivity index (χ2v) is 6.84. The highest BCUT2D eigenvalue weighted by Crippen LogP contribution is 2.65. The summed E-state index contributed by atoms with van der Waals surface area (Å²) in [7, 11) is 0. The van der Waals surface area contributed by atoms with Crippen LogP contribution in [0.4, 0.5) is 0 Å². The normalized spacial score (nSPS) is 39.2. The first-order valence-electron chi connectivity index (χ1n) is 7.94. The molecular formula is C17H15N3O3. The summed E-state index contributed by atoms with van der Waals surface area (Å²) in [6.07, 6.45) is 8.35. The molecule has 1 aromatic rings. The first kappa shape index (κ1) is 13.0. The summed E-state index contributed by atoms with van der Waals surface area (Å²) in [5.41, 5.74) is 2.86. The molecule has 1 aromatic heterocycles. The van der Waals surface area contributed by atoms with E-state index in [9.17, 15) is 14.4 Å². The predicted molar refractivity (Wildman–Crippen MR) is 78.3 cm³/mol. The van der Waals surface area contributed by atoms with Crippen LogP contribution in [0, 0.1) is 35.5 Å². The van der Waals surface area contributed by atoms with E-state index in [2.05, 4.69) is 22.6 Å². The first-order chi connectivity index (χ1) is 11.2. The zero-order valence-electron chi connectivity index (χ0n) is 12.3. The van der Waals surface area contributed by atoms with Crippen molar-refractivity contribution in [2.75, 3.05) is 0 Å². The number of aromatic nitrogens is 1. The van der Waals surface area contributed by atoms with Gasteiger partial charge < -0.3 is 0 Å². The number of pyridine rings is 1. The van der Waals surface area contributed by atoms with Gasteiger partial charge in [-0.2, -0.15) is 5.01 Å². The molecule has 2 heterocycles.